The Morgan fingerprint density at radius 3 is 2.38 bits per heavy atom. The second-order valence-corrected chi connectivity index (χ2v) is 5.06. The highest BCUT2D eigenvalue weighted by molar-refractivity contribution is 5.78. The Hall–Kier alpha value is -0.570. The van der Waals surface area contributed by atoms with Crippen LogP contribution < -0.4 is 5.73 Å². The summed E-state index contributed by atoms with van der Waals surface area (Å²) < 4.78 is 0. The maximum atomic E-state index is 10.9. The van der Waals surface area contributed by atoms with Gasteiger partial charge in [-0.05, 0) is 30.6 Å². The summed E-state index contributed by atoms with van der Waals surface area (Å²) in [4.78, 5) is 10.9. The molecule has 3 N–H and O–H groups in total. The number of carboxylic acid groups (broad SMARTS) is 1. The third-order valence-corrected chi connectivity index (χ3v) is 3.65. The van der Waals surface area contributed by atoms with Crippen molar-refractivity contribution in [2.75, 3.05) is 0 Å². The Labute approximate surface area is 79.3 Å². The highest BCUT2D eigenvalue weighted by Crippen LogP contribution is 2.43. The molecule has 76 valence electrons. The highest BCUT2D eigenvalue weighted by Gasteiger charge is 2.44. The topological polar surface area (TPSA) is 63.3 Å². The van der Waals surface area contributed by atoms with Crippen LogP contribution in [0.25, 0.3) is 0 Å². The van der Waals surface area contributed by atoms with E-state index in [1.165, 1.54) is 0 Å². The molecule has 3 heteroatoms. The van der Waals surface area contributed by atoms with Gasteiger partial charge in [-0.15, -0.1) is 0 Å². The first-order valence-corrected chi connectivity index (χ1v) is 4.80. The van der Waals surface area contributed by atoms with Crippen molar-refractivity contribution in [3.63, 3.8) is 0 Å². The predicted molar refractivity (Wildman–Crippen MR) is 51.4 cm³/mol. The van der Waals surface area contributed by atoms with Gasteiger partial charge >= 0.3 is 5.97 Å². The summed E-state index contributed by atoms with van der Waals surface area (Å²) in [5.74, 6) is -0.475. The first kappa shape index (κ1) is 10.5. The lowest BCUT2D eigenvalue weighted by molar-refractivity contribution is -0.146. The molecule has 0 radical (unpaired) electrons. The van der Waals surface area contributed by atoms with Gasteiger partial charge in [0.05, 0.1) is 0 Å². The minimum Gasteiger partial charge on any atom is -0.480 e. The number of nitrogens with two attached hydrogens (primary N) is 1. The molecule has 2 unspecified atom stereocenters. The third kappa shape index (κ3) is 1.85. The molecule has 3 nitrogen and oxygen atoms in total. The van der Waals surface area contributed by atoms with Gasteiger partial charge in [0.25, 0.3) is 0 Å². The molecular weight excluding hydrogens is 166 g/mol. The minimum atomic E-state index is -0.977. The summed E-state index contributed by atoms with van der Waals surface area (Å²) in [6, 6.07) is 0. The normalized spacial score (nSPS) is 38.6. The van der Waals surface area contributed by atoms with Gasteiger partial charge < -0.3 is 10.8 Å². The summed E-state index contributed by atoms with van der Waals surface area (Å²) in [5.41, 5.74) is 5.07. The molecule has 0 amide bonds. The molecule has 0 aromatic rings. The Bertz CT molecular complexity index is 225. The second-order valence-electron chi connectivity index (χ2n) is 5.06. The van der Waals surface area contributed by atoms with E-state index in [0.717, 1.165) is 6.42 Å². The molecular formula is C10H19NO2. The maximum absolute atomic E-state index is 10.9. The molecule has 1 aliphatic carbocycles. The average Bonchev–Trinajstić information content (AvgIpc) is 1.98. The zero-order chi connectivity index (χ0) is 10.3. The van der Waals surface area contributed by atoms with Crippen molar-refractivity contribution in [3.05, 3.63) is 0 Å². The van der Waals surface area contributed by atoms with E-state index in [0.29, 0.717) is 18.8 Å². The van der Waals surface area contributed by atoms with Crippen molar-refractivity contribution < 1.29 is 9.90 Å². The van der Waals surface area contributed by atoms with Crippen LogP contribution in [0.5, 0.6) is 0 Å². The predicted octanol–water partition coefficient (Wildman–Crippen LogP) is 1.61. The zero-order valence-corrected chi connectivity index (χ0v) is 8.63. The van der Waals surface area contributed by atoms with Gasteiger partial charge in [-0.25, -0.2) is 0 Å². The van der Waals surface area contributed by atoms with Crippen molar-refractivity contribution in [2.45, 2.75) is 45.6 Å². The molecule has 1 fully saturated rings. The number of carbonyl (C=O) groups is 1. The van der Waals surface area contributed by atoms with Crippen LogP contribution in [-0.2, 0) is 4.79 Å². The summed E-state index contributed by atoms with van der Waals surface area (Å²) >= 11 is 0. The number of rotatable bonds is 1. The molecule has 0 aromatic carbocycles. The summed E-state index contributed by atoms with van der Waals surface area (Å²) in [6.45, 7) is 6.45. The fraction of sp³-hybridized carbons (Fsp3) is 0.900. The van der Waals surface area contributed by atoms with Gasteiger partial charge in [0.15, 0.2) is 0 Å². The highest BCUT2D eigenvalue weighted by atomic mass is 16.4. The lowest BCUT2D eigenvalue weighted by atomic mass is 9.63. The minimum absolute atomic E-state index is 0.234. The molecule has 0 spiro atoms. The van der Waals surface area contributed by atoms with E-state index in [1.807, 2.05) is 0 Å². The van der Waals surface area contributed by atoms with Crippen LogP contribution in [0.3, 0.4) is 0 Å². The molecule has 0 saturated heterocycles. The van der Waals surface area contributed by atoms with E-state index in [9.17, 15) is 4.79 Å². The number of hydrogen-bond donors (Lipinski definition) is 2. The summed E-state index contributed by atoms with van der Waals surface area (Å²) in [7, 11) is 0. The summed E-state index contributed by atoms with van der Waals surface area (Å²) in [5, 5.41) is 8.96. The standard InChI is InChI=1S/C10H19NO2/c1-7-6-10(11,8(12)13)5-4-9(7,2)3/h7H,4-6,11H2,1-3H3,(H,12,13). The Morgan fingerprint density at radius 1 is 1.46 bits per heavy atom. The SMILES string of the molecule is CC1CC(N)(C(=O)O)CCC1(C)C. The zero-order valence-electron chi connectivity index (χ0n) is 8.63. The van der Waals surface area contributed by atoms with Gasteiger partial charge in [0.2, 0.25) is 0 Å². The quantitative estimate of drug-likeness (QED) is 0.652. The van der Waals surface area contributed by atoms with E-state index in [1.54, 1.807) is 0 Å². The fourth-order valence-corrected chi connectivity index (χ4v) is 1.91. The molecule has 0 aliphatic heterocycles. The molecule has 1 aliphatic rings. The van der Waals surface area contributed by atoms with Crippen molar-refractivity contribution in [3.8, 4) is 0 Å². The van der Waals surface area contributed by atoms with E-state index in [-0.39, 0.29) is 5.41 Å². The average molecular weight is 185 g/mol. The molecule has 2 atom stereocenters. The van der Waals surface area contributed by atoms with Gasteiger partial charge in [0.1, 0.15) is 5.54 Å². The van der Waals surface area contributed by atoms with Gasteiger partial charge in [0, 0.05) is 0 Å². The number of carboxylic acids is 1. The van der Waals surface area contributed by atoms with Gasteiger partial charge in [-0.1, -0.05) is 20.8 Å². The lowest BCUT2D eigenvalue weighted by Gasteiger charge is -2.43. The van der Waals surface area contributed by atoms with Crippen LogP contribution in [0.1, 0.15) is 40.0 Å². The molecule has 0 heterocycles. The Balaban J connectivity index is 2.76. The second kappa shape index (κ2) is 2.98. The van der Waals surface area contributed by atoms with E-state index < -0.39 is 11.5 Å². The monoisotopic (exact) mass is 185 g/mol. The van der Waals surface area contributed by atoms with E-state index >= 15 is 0 Å². The summed E-state index contributed by atoms with van der Waals surface area (Å²) in [6.07, 6.45) is 2.09. The Kier molecular flexibility index (Phi) is 2.41. The molecule has 1 saturated carbocycles. The van der Waals surface area contributed by atoms with Crippen LogP contribution >= 0.6 is 0 Å². The maximum Gasteiger partial charge on any atom is 0.323 e. The van der Waals surface area contributed by atoms with Crippen molar-refractivity contribution in [1.82, 2.24) is 0 Å². The molecule has 1 rings (SSSR count). The van der Waals surface area contributed by atoms with Crippen LogP contribution in [0, 0.1) is 11.3 Å². The molecule has 0 bridgehead atoms. The number of aliphatic carboxylic acids is 1. The first-order chi connectivity index (χ1) is 5.78. The van der Waals surface area contributed by atoms with Gasteiger partial charge in [-0.3, -0.25) is 4.79 Å². The smallest absolute Gasteiger partial charge is 0.323 e. The van der Waals surface area contributed by atoms with Crippen LogP contribution in [0.15, 0.2) is 0 Å². The lowest BCUT2D eigenvalue weighted by Crippen LogP contribution is -2.54. The van der Waals surface area contributed by atoms with Crippen LogP contribution in [0.2, 0.25) is 0 Å². The fourth-order valence-electron chi connectivity index (χ4n) is 1.91. The largest absolute Gasteiger partial charge is 0.480 e. The van der Waals surface area contributed by atoms with Crippen LogP contribution in [-0.4, -0.2) is 16.6 Å². The Morgan fingerprint density at radius 2 is 2.00 bits per heavy atom. The van der Waals surface area contributed by atoms with Crippen molar-refractivity contribution in [1.29, 1.82) is 0 Å². The first-order valence-electron chi connectivity index (χ1n) is 4.80. The number of hydrogen-bond acceptors (Lipinski definition) is 2. The van der Waals surface area contributed by atoms with E-state index in [4.69, 9.17) is 10.8 Å². The van der Waals surface area contributed by atoms with Crippen molar-refractivity contribution >= 4 is 5.97 Å². The van der Waals surface area contributed by atoms with E-state index in [2.05, 4.69) is 20.8 Å². The molecule has 13 heavy (non-hydrogen) atoms. The van der Waals surface area contributed by atoms with Gasteiger partial charge in [-0.2, -0.15) is 0 Å². The third-order valence-electron chi connectivity index (χ3n) is 3.65. The van der Waals surface area contributed by atoms with Crippen molar-refractivity contribution in [2.24, 2.45) is 17.1 Å². The van der Waals surface area contributed by atoms with Crippen LogP contribution in [0.4, 0.5) is 0 Å². The molecule has 0 aromatic heterocycles.